The summed E-state index contributed by atoms with van der Waals surface area (Å²) >= 11 is 0. The molecule has 0 unspecified atom stereocenters. The van der Waals surface area contributed by atoms with Gasteiger partial charge in [-0.15, -0.1) is 0 Å². The van der Waals surface area contributed by atoms with Crippen molar-refractivity contribution in [3.63, 3.8) is 0 Å². The van der Waals surface area contributed by atoms with E-state index in [1.165, 1.54) is 11.3 Å². The highest BCUT2D eigenvalue weighted by atomic mass is 16.1. The quantitative estimate of drug-likeness (QED) is 0.717. The molecule has 0 spiro atoms. The molecule has 4 rings (SSSR count). The van der Waals surface area contributed by atoms with Gasteiger partial charge in [-0.05, 0) is 49.9 Å². The van der Waals surface area contributed by atoms with Crippen molar-refractivity contribution in [2.45, 2.75) is 38.8 Å². The highest BCUT2D eigenvalue weighted by molar-refractivity contribution is 5.94. The molecule has 3 aromatic rings. The second-order valence-corrected chi connectivity index (χ2v) is 6.73. The number of aromatic nitrogens is 3. The van der Waals surface area contributed by atoms with Crippen LogP contribution in [0.3, 0.4) is 0 Å². The summed E-state index contributed by atoms with van der Waals surface area (Å²) in [6, 6.07) is 14.0. The summed E-state index contributed by atoms with van der Waals surface area (Å²) in [5.41, 5.74) is 4.38. The molecule has 0 fully saturated rings. The fourth-order valence-electron chi connectivity index (χ4n) is 3.59. The zero-order valence-corrected chi connectivity index (χ0v) is 14.9. The molecule has 0 amide bonds. The zero-order valence-electron chi connectivity index (χ0n) is 14.9. The van der Waals surface area contributed by atoms with E-state index in [0.717, 1.165) is 42.8 Å². The van der Waals surface area contributed by atoms with Gasteiger partial charge in [-0.3, -0.25) is 4.79 Å². The van der Waals surface area contributed by atoms with Crippen molar-refractivity contribution in [3.8, 4) is 5.82 Å². The van der Waals surface area contributed by atoms with Gasteiger partial charge in [0.25, 0.3) is 0 Å². The van der Waals surface area contributed by atoms with Crippen molar-refractivity contribution < 1.29 is 4.79 Å². The van der Waals surface area contributed by atoms with Crippen LogP contribution in [0.4, 0.5) is 0 Å². The number of Topliss-reactive ketones (excluding diaryl/α,β-unsaturated/α-hetero) is 1. The van der Waals surface area contributed by atoms with E-state index in [-0.39, 0.29) is 11.8 Å². The maximum atomic E-state index is 11.6. The molecule has 0 saturated heterocycles. The highest BCUT2D eigenvalue weighted by Gasteiger charge is 2.24. The molecular weight excluding hydrogens is 324 g/mol. The first-order chi connectivity index (χ1) is 12.7. The van der Waals surface area contributed by atoms with E-state index >= 15 is 0 Å². The summed E-state index contributed by atoms with van der Waals surface area (Å²) in [6.07, 6.45) is 6.99. The van der Waals surface area contributed by atoms with Gasteiger partial charge in [0.05, 0.1) is 11.9 Å². The van der Waals surface area contributed by atoms with E-state index in [0.29, 0.717) is 0 Å². The second-order valence-electron chi connectivity index (χ2n) is 6.73. The predicted molar refractivity (Wildman–Crippen MR) is 100 cm³/mol. The van der Waals surface area contributed by atoms with Crippen LogP contribution in [0.25, 0.3) is 5.82 Å². The van der Waals surface area contributed by atoms with Gasteiger partial charge in [0.2, 0.25) is 0 Å². The molecule has 1 aliphatic rings. The summed E-state index contributed by atoms with van der Waals surface area (Å²) in [5.74, 6) is 0.965. The third-order valence-corrected chi connectivity index (χ3v) is 4.94. The Morgan fingerprint density at radius 3 is 3.00 bits per heavy atom. The maximum absolute atomic E-state index is 11.6. The van der Waals surface area contributed by atoms with Gasteiger partial charge in [-0.2, -0.15) is 5.10 Å². The first kappa shape index (κ1) is 16.7. The van der Waals surface area contributed by atoms with E-state index in [2.05, 4.69) is 21.5 Å². The number of hydrogen-bond donors (Lipinski definition) is 1. The first-order valence-corrected chi connectivity index (χ1v) is 9.04. The lowest BCUT2D eigenvalue weighted by atomic mass is 9.92. The number of fused-ring (bicyclic) bond motifs is 1. The van der Waals surface area contributed by atoms with Crippen LogP contribution < -0.4 is 5.32 Å². The Morgan fingerprint density at radius 2 is 2.19 bits per heavy atom. The SMILES string of the molecule is CC(=O)c1cccc(CN[C@@H]2CCCc3c2cnn3-c2ccccn2)c1. The summed E-state index contributed by atoms with van der Waals surface area (Å²) in [6.45, 7) is 2.34. The van der Waals surface area contributed by atoms with Crippen LogP contribution in [-0.4, -0.2) is 20.5 Å². The molecular formula is C21H22N4O. The molecule has 2 heterocycles. The molecule has 0 bridgehead atoms. The third-order valence-electron chi connectivity index (χ3n) is 4.94. The Morgan fingerprint density at radius 1 is 1.27 bits per heavy atom. The topological polar surface area (TPSA) is 59.8 Å². The average molecular weight is 346 g/mol. The van der Waals surface area contributed by atoms with Crippen molar-refractivity contribution in [2.75, 3.05) is 0 Å². The molecule has 5 nitrogen and oxygen atoms in total. The summed E-state index contributed by atoms with van der Waals surface area (Å²) in [5, 5.41) is 8.22. The standard InChI is InChI=1S/C21H22N4O/c1-15(26)17-7-4-6-16(12-17)13-23-19-8-5-9-20-18(19)14-24-25(20)21-10-2-3-11-22-21/h2-4,6-7,10-12,14,19,23H,5,8-9,13H2,1H3/t19-/m1/s1. The van der Waals surface area contributed by atoms with Crippen molar-refractivity contribution >= 4 is 5.78 Å². The van der Waals surface area contributed by atoms with E-state index in [4.69, 9.17) is 0 Å². The fraction of sp³-hybridized carbons (Fsp3) is 0.286. The number of rotatable bonds is 5. The monoisotopic (exact) mass is 346 g/mol. The molecule has 132 valence electrons. The van der Waals surface area contributed by atoms with Gasteiger partial charge in [0.1, 0.15) is 0 Å². The van der Waals surface area contributed by atoms with Crippen LogP contribution in [0.2, 0.25) is 0 Å². The Balaban J connectivity index is 1.53. The summed E-state index contributed by atoms with van der Waals surface area (Å²) < 4.78 is 1.96. The second kappa shape index (κ2) is 7.22. The van der Waals surface area contributed by atoms with Gasteiger partial charge in [0.15, 0.2) is 11.6 Å². The molecule has 1 aliphatic carbocycles. The van der Waals surface area contributed by atoms with Crippen molar-refractivity contribution in [1.29, 1.82) is 0 Å². The van der Waals surface area contributed by atoms with Crippen LogP contribution in [-0.2, 0) is 13.0 Å². The minimum absolute atomic E-state index is 0.100. The third kappa shape index (κ3) is 3.30. The number of pyridine rings is 1. The van der Waals surface area contributed by atoms with Gasteiger partial charge in [0, 0.05) is 29.9 Å². The number of carbonyl (C=O) groups excluding carboxylic acids is 1. The van der Waals surface area contributed by atoms with Crippen molar-refractivity contribution in [3.05, 3.63) is 77.2 Å². The molecule has 0 radical (unpaired) electrons. The number of benzene rings is 1. The van der Waals surface area contributed by atoms with E-state index in [1.54, 1.807) is 13.1 Å². The molecule has 26 heavy (non-hydrogen) atoms. The Bertz CT molecular complexity index is 917. The molecule has 0 saturated carbocycles. The zero-order chi connectivity index (χ0) is 17.9. The number of nitrogens with one attached hydrogen (secondary N) is 1. The lowest BCUT2D eigenvalue weighted by molar-refractivity contribution is 0.101. The lowest BCUT2D eigenvalue weighted by Crippen LogP contribution is -2.25. The van der Waals surface area contributed by atoms with Gasteiger partial charge < -0.3 is 5.32 Å². The normalized spacial score (nSPS) is 16.3. The fourth-order valence-corrected chi connectivity index (χ4v) is 3.59. The summed E-state index contributed by atoms with van der Waals surface area (Å²) in [4.78, 5) is 16.0. The smallest absolute Gasteiger partial charge is 0.159 e. The molecule has 0 aliphatic heterocycles. The Hall–Kier alpha value is -2.79. The van der Waals surface area contributed by atoms with E-state index in [1.807, 2.05) is 47.3 Å². The van der Waals surface area contributed by atoms with Crippen LogP contribution >= 0.6 is 0 Å². The van der Waals surface area contributed by atoms with Gasteiger partial charge in [-0.1, -0.05) is 24.3 Å². The molecule has 1 N–H and O–H groups in total. The maximum Gasteiger partial charge on any atom is 0.159 e. The summed E-state index contributed by atoms with van der Waals surface area (Å²) in [7, 11) is 0. The van der Waals surface area contributed by atoms with Crippen LogP contribution in [0, 0.1) is 0 Å². The number of carbonyl (C=O) groups is 1. The molecule has 5 heteroatoms. The van der Waals surface area contributed by atoms with Crippen LogP contribution in [0.5, 0.6) is 0 Å². The molecule has 1 aromatic carbocycles. The minimum Gasteiger partial charge on any atom is -0.306 e. The van der Waals surface area contributed by atoms with Crippen molar-refractivity contribution in [2.24, 2.45) is 0 Å². The van der Waals surface area contributed by atoms with E-state index in [9.17, 15) is 4.79 Å². The van der Waals surface area contributed by atoms with Crippen LogP contribution in [0.1, 0.15) is 53.0 Å². The highest BCUT2D eigenvalue weighted by Crippen LogP contribution is 2.31. The number of hydrogen-bond acceptors (Lipinski definition) is 4. The van der Waals surface area contributed by atoms with Crippen LogP contribution in [0.15, 0.2) is 54.9 Å². The van der Waals surface area contributed by atoms with Gasteiger partial charge in [-0.25, -0.2) is 9.67 Å². The molecule has 2 aromatic heterocycles. The average Bonchev–Trinajstić information content (AvgIpc) is 3.12. The minimum atomic E-state index is 0.100. The Labute approximate surface area is 153 Å². The number of nitrogens with zero attached hydrogens (tertiary/aromatic N) is 3. The Kier molecular flexibility index (Phi) is 4.63. The lowest BCUT2D eigenvalue weighted by Gasteiger charge is -2.24. The first-order valence-electron chi connectivity index (χ1n) is 9.04. The van der Waals surface area contributed by atoms with E-state index < -0.39 is 0 Å². The molecule has 1 atom stereocenters. The van der Waals surface area contributed by atoms with Gasteiger partial charge >= 0.3 is 0 Å². The predicted octanol–water partition coefficient (Wildman–Crippen LogP) is 3.64. The number of ketones is 1. The largest absolute Gasteiger partial charge is 0.306 e. The van der Waals surface area contributed by atoms with Crippen molar-refractivity contribution in [1.82, 2.24) is 20.1 Å².